The minimum atomic E-state index is -3.46. The molecule has 19 rings (SSSR count). The normalized spacial score (nSPS) is 89.5. The third-order valence-electron chi connectivity index (χ3n) is 25.9. The zero-order valence-corrected chi connectivity index (χ0v) is 25.4. The van der Waals surface area contributed by atoms with E-state index < -0.39 is 6.51 Å². The van der Waals surface area contributed by atoms with Gasteiger partial charge >= 0.3 is 227 Å². The van der Waals surface area contributed by atoms with Crippen molar-refractivity contribution in [1.29, 1.82) is 0 Å². The van der Waals surface area contributed by atoms with Crippen LogP contribution in [0, 0.1) is 47.3 Å². The number of fused-ring (bicyclic) bond motifs is 10. The molecule has 10 heterocycles. The van der Waals surface area contributed by atoms with Gasteiger partial charge in [-0.3, -0.25) is 0 Å². The Morgan fingerprint density at radius 1 is 0.564 bits per heavy atom. The van der Waals surface area contributed by atoms with Crippen molar-refractivity contribution in [3.8, 4) is 0 Å². The van der Waals surface area contributed by atoms with E-state index in [4.69, 9.17) is 0 Å². The van der Waals surface area contributed by atoms with E-state index in [-0.39, 0.29) is 7.92 Å². The van der Waals surface area contributed by atoms with Gasteiger partial charge in [-0.1, -0.05) is 0 Å². The Hall–Kier alpha value is 0.169. The van der Waals surface area contributed by atoms with Crippen molar-refractivity contribution in [2.24, 2.45) is 47.3 Å². The average molecular weight is 577 g/mol. The zero-order valence-electron chi connectivity index (χ0n) is 23.4. The Bertz CT molecular complexity index is 1810. The molecule has 8 atom stereocenters. The zero-order chi connectivity index (χ0) is 24.2. The molecule has 1 aromatic rings. The molecule has 0 N–H and O–H groups in total. The Labute approximate surface area is 225 Å². The van der Waals surface area contributed by atoms with Gasteiger partial charge in [0.25, 0.3) is 0 Å². The molecule has 10 saturated heterocycles. The molecule has 0 nitrogen and oxygen atoms in total. The summed E-state index contributed by atoms with van der Waals surface area (Å²) in [5.41, 5.74) is 4.51. The van der Waals surface area contributed by atoms with Crippen LogP contribution in [0.4, 0.5) is 0 Å². The fourth-order valence-corrected chi connectivity index (χ4v) is 113. The van der Waals surface area contributed by atoms with Gasteiger partial charge in [-0.15, -0.1) is 0 Å². The van der Waals surface area contributed by atoms with E-state index in [1.165, 1.54) is 97.2 Å². The minimum absolute atomic E-state index is 0.277. The predicted octanol–water partition coefficient (Wildman–Crippen LogP) is 9.98. The van der Waals surface area contributed by atoms with Crippen LogP contribution in [-0.2, 0) is 10.8 Å². The molecule has 8 unspecified atom stereocenters. The molecular formula is C37H45FeP. The van der Waals surface area contributed by atoms with Gasteiger partial charge in [0.1, 0.15) is 0 Å². The van der Waals surface area contributed by atoms with Crippen LogP contribution in [0.25, 0.3) is 0 Å². The van der Waals surface area contributed by atoms with Crippen LogP contribution in [0.5, 0.6) is 0 Å². The van der Waals surface area contributed by atoms with Crippen molar-refractivity contribution < 1.29 is 6.51 Å². The first-order valence-electron chi connectivity index (χ1n) is 18.0. The second-order valence-electron chi connectivity index (χ2n) is 21.8. The van der Waals surface area contributed by atoms with Gasteiger partial charge in [-0.2, -0.15) is 0 Å². The molecule has 2 heteroatoms. The Kier molecular flexibility index (Phi) is 1.43. The topological polar surface area (TPSA) is 0 Å². The molecule has 8 bridgehead atoms. The van der Waals surface area contributed by atoms with Crippen LogP contribution in [0.2, 0.25) is 42.8 Å². The maximum atomic E-state index is 2.70. The van der Waals surface area contributed by atoms with Crippen molar-refractivity contribution in [3.63, 3.8) is 0 Å². The van der Waals surface area contributed by atoms with Gasteiger partial charge in [0.05, 0.1) is 0 Å². The summed E-state index contributed by atoms with van der Waals surface area (Å²) in [6, 6.07) is 12.7. The predicted molar refractivity (Wildman–Crippen MR) is 154 cm³/mol. The standard InChI is InChI=1S/C26H36P.C11H9.Fe/c1-2-4-16(3-1)15-27(25-21-7-17-5-18(9-21)10-22(25)8-17)26-23-11-19-6-20(13-23)14-24(26)12-19;1-2-6-10(7-3-1)11-8-4-5-9-11;/h1-4,17-26H,5-15H2;1-9H;. The molecule has 0 aromatic heterocycles. The van der Waals surface area contributed by atoms with Crippen molar-refractivity contribution in [2.75, 3.05) is 6.16 Å². The van der Waals surface area contributed by atoms with E-state index in [1.807, 2.05) is 11.7 Å². The number of rotatable bonds is 5. The van der Waals surface area contributed by atoms with Crippen LogP contribution in [0.3, 0.4) is 0 Å². The van der Waals surface area contributed by atoms with Gasteiger partial charge in [0.2, 0.25) is 0 Å². The Morgan fingerprint density at radius 2 is 1.00 bits per heavy atom. The number of benzene rings is 1. The summed E-state index contributed by atoms with van der Waals surface area (Å²) in [6.07, 6.45) is 18.9. The molecular weight excluding hydrogens is 531 g/mol. The summed E-state index contributed by atoms with van der Waals surface area (Å²) in [5.74, 6) is 9.53. The first-order chi connectivity index (χ1) is 19.0. The summed E-state index contributed by atoms with van der Waals surface area (Å²) >= 11 is 0. The van der Waals surface area contributed by atoms with Crippen LogP contribution in [-0.4, -0.2) is 17.5 Å². The van der Waals surface area contributed by atoms with E-state index in [0.717, 1.165) is 8.63 Å². The summed E-state index contributed by atoms with van der Waals surface area (Å²) < 4.78 is 2.05. The monoisotopic (exact) mass is 576 g/mol. The van der Waals surface area contributed by atoms with E-state index in [0.29, 0.717) is 0 Å². The first-order valence-corrected chi connectivity index (χ1v) is 25.9. The van der Waals surface area contributed by atoms with Crippen LogP contribution < -0.4 is 0 Å². The van der Waals surface area contributed by atoms with E-state index >= 15 is 0 Å². The number of hydrogen-bond donors (Lipinski definition) is 0. The Balaban J connectivity index is 0.893. The first kappa shape index (κ1) is 18.7. The van der Waals surface area contributed by atoms with Crippen molar-refractivity contribution >= 4 is 7.92 Å². The van der Waals surface area contributed by atoms with Gasteiger partial charge in [-0.05, 0) is 0 Å². The molecule has 8 aliphatic carbocycles. The number of hydrogen-bond acceptors (Lipinski definition) is 0. The quantitative estimate of drug-likeness (QED) is 0.242. The SMILES string of the molecule is c1ccc([C]23[CH]4[CH]5[CH]6[CH]2[Fe]56432789[CH]3[CH]2[CH]7[C]8(CP(C2C4CC5CC(C4)CC2C5)C2C4CC5CC(C4)CC2C5)[CH]39)cc1. The van der Waals surface area contributed by atoms with Gasteiger partial charge in [0, 0.05) is 0 Å². The van der Waals surface area contributed by atoms with E-state index in [1.54, 1.807) is 64.2 Å². The third kappa shape index (κ3) is 0.522. The summed E-state index contributed by atoms with van der Waals surface area (Å²) in [7, 11) is 0.277. The van der Waals surface area contributed by atoms with E-state index in [9.17, 15) is 0 Å². The molecule has 39 heavy (non-hydrogen) atoms. The molecule has 0 radical (unpaired) electrons. The van der Waals surface area contributed by atoms with E-state index in [2.05, 4.69) is 30.3 Å². The summed E-state index contributed by atoms with van der Waals surface area (Å²) in [4.78, 5) is 11.6. The average Bonchev–Trinajstić information content (AvgIpc) is 3.87. The third-order valence-corrected chi connectivity index (χ3v) is 73.6. The summed E-state index contributed by atoms with van der Waals surface area (Å²) in [5, 5.41) is 0. The second-order valence-corrected chi connectivity index (χ2v) is 47.7. The Morgan fingerprint density at radius 3 is 1.41 bits per heavy atom. The van der Waals surface area contributed by atoms with Crippen LogP contribution in [0.1, 0.15) is 69.8 Å². The van der Waals surface area contributed by atoms with Gasteiger partial charge < -0.3 is 0 Å². The second kappa shape index (κ2) is 2.97. The van der Waals surface area contributed by atoms with Crippen LogP contribution >= 0.6 is 7.92 Å². The van der Waals surface area contributed by atoms with Crippen molar-refractivity contribution in [3.05, 3.63) is 35.9 Å². The van der Waals surface area contributed by atoms with Crippen LogP contribution in [0.15, 0.2) is 30.3 Å². The molecule has 206 valence electrons. The molecule has 1 spiro atoms. The fourth-order valence-electron chi connectivity index (χ4n) is 28.5. The van der Waals surface area contributed by atoms with Gasteiger partial charge in [0.15, 0.2) is 0 Å². The fraction of sp³-hybridized carbons (Fsp3) is 0.838. The maximum absolute atomic E-state index is 3.46. The molecule has 0 amide bonds. The summed E-state index contributed by atoms with van der Waals surface area (Å²) in [6.45, 7) is -3.46. The molecule has 18 aliphatic rings. The molecule has 8 saturated carbocycles. The van der Waals surface area contributed by atoms with Crippen molar-refractivity contribution in [1.82, 2.24) is 0 Å². The molecule has 1 aromatic carbocycles. The molecule has 18 fully saturated rings. The molecule has 10 aliphatic heterocycles. The van der Waals surface area contributed by atoms with Crippen molar-refractivity contribution in [2.45, 2.75) is 123 Å². The van der Waals surface area contributed by atoms with Gasteiger partial charge in [-0.25, -0.2) is 0 Å².